The fourth-order valence-electron chi connectivity index (χ4n) is 9.20. The number of aromatic nitrogens is 5. The van der Waals surface area contributed by atoms with Crippen molar-refractivity contribution in [2.24, 2.45) is 0 Å². The minimum Gasteiger partial charge on any atom is -0.464 e. The molecule has 2 fully saturated rings. The van der Waals surface area contributed by atoms with E-state index in [0.717, 1.165) is 42.1 Å². The maximum Gasteiger partial charge on any atom is 0.278 e. The standard InChI is InChI=1S/C48H45ClN10O6/c1-3-19-58-46(63)35-26-50-47(55-43(35)59(58)40-15-6-28-17-18-48(64,4-2)42(28)53-40)52-30-7-10-32(11-8-30)56-20-22-57(23-21-56)38-13-5-29(24-37(38)49)44(61)51-31-9-14-39-34(25-31)36(27-65-39)33-12-16-41(60)54-45(33)62/h3,5-11,13-15,24-27,33,64H,1,4,12,16-23H2,2H3,(H,51,61)(H,50,52,55)(H,54,60,62)/t33?,48-/m1/s1. The van der Waals surface area contributed by atoms with Gasteiger partial charge in [-0.05, 0) is 98.0 Å². The normalized spacial score (nSPS) is 18.5. The molecule has 4 N–H and O–H groups in total. The lowest BCUT2D eigenvalue weighted by Crippen LogP contribution is -2.46. The molecule has 10 rings (SSSR count). The fraction of sp³-hybridized carbons (Fsp3) is 0.271. The van der Waals surface area contributed by atoms with E-state index < -0.39 is 11.5 Å². The molecule has 2 atom stereocenters. The number of nitrogens with one attached hydrogen (secondary N) is 3. The average Bonchev–Trinajstić information content (AvgIpc) is 3.97. The van der Waals surface area contributed by atoms with Crippen molar-refractivity contribution < 1.29 is 23.9 Å². The van der Waals surface area contributed by atoms with Crippen LogP contribution in [0.1, 0.15) is 65.7 Å². The molecule has 16 nitrogen and oxygen atoms in total. The van der Waals surface area contributed by atoms with Crippen LogP contribution in [0.3, 0.4) is 0 Å². The maximum atomic E-state index is 13.6. The zero-order chi connectivity index (χ0) is 45.0. The van der Waals surface area contributed by atoms with Crippen molar-refractivity contribution in [3.8, 4) is 5.82 Å². The highest BCUT2D eigenvalue weighted by Crippen LogP contribution is 2.39. The number of allylic oxidation sites excluding steroid dienone is 1. The largest absolute Gasteiger partial charge is 0.464 e. The highest BCUT2D eigenvalue weighted by Gasteiger charge is 2.37. The molecule has 0 bridgehead atoms. The van der Waals surface area contributed by atoms with E-state index in [-0.39, 0.29) is 36.2 Å². The smallest absolute Gasteiger partial charge is 0.278 e. The van der Waals surface area contributed by atoms with Gasteiger partial charge in [-0.2, -0.15) is 4.98 Å². The Kier molecular flexibility index (Phi) is 10.7. The number of furan rings is 1. The number of rotatable bonds is 11. The van der Waals surface area contributed by atoms with Crippen LogP contribution in [-0.4, -0.2) is 73.3 Å². The molecule has 1 unspecified atom stereocenters. The topological polar surface area (TPSA) is 193 Å². The van der Waals surface area contributed by atoms with Crippen molar-refractivity contribution >= 4 is 80.0 Å². The SMILES string of the molecule is C=CCn1c(=O)c2cnc(Nc3ccc(N4CCN(c5ccc(C(=O)Nc6ccc7occ(C8CCC(=O)NC8=O)c7c6)cc5Cl)CC4)cc3)nc2n1-c1ccc2c(n1)[C@@](O)(CC)CC2. The number of imide groups is 1. The van der Waals surface area contributed by atoms with E-state index in [1.807, 2.05) is 49.4 Å². The molecule has 17 heteroatoms. The number of nitrogens with zero attached hydrogens (tertiary/aromatic N) is 7. The number of pyridine rings is 1. The molecule has 3 aromatic carbocycles. The summed E-state index contributed by atoms with van der Waals surface area (Å²) in [6, 6.07) is 22.4. The van der Waals surface area contributed by atoms with E-state index in [1.54, 1.807) is 41.1 Å². The quantitative estimate of drug-likeness (QED) is 0.0773. The summed E-state index contributed by atoms with van der Waals surface area (Å²) < 4.78 is 8.89. The van der Waals surface area contributed by atoms with Crippen LogP contribution in [0, 0.1) is 0 Å². The first kappa shape index (κ1) is 41.7. The monoisotopic (exact) mass is 892 g/mol. The molecule has 330 valence electrons. The number of piperidine rings is 1. The number of carbonyl (C=O) groups excluding carboxylic acids is 3. The third-order valence-corrected chi connectivity index (χ3v) is 13.1. The Labute approximate surface area is 377 Å². The van der Waals surface area contributed by atoms with Crippen molar-refractivity contribution in [2.75, 3.05) is 46.6 Å². The van der Waals surface area contributed by atoms with Gasteiger partial charge >= 0.3 is 0 Å². The minimum absolute atomic E-state index is 0.230. The number of piperazine rings is 1. The van der Waals surface area contributed by atoms with Crippen LogP contribution in [0.4, 0.5) is 28.7 Å². The highest BCUT2D eigenvalue weighted by molar-refractivity contribution is 6.33. The van der Waals surface area contributed by atoms with Crippen molar-refractivity contribution in [2.45, 2.75) is 57.1 Å². The van der Waals surface area contributed by atoms with Crippen LogP contribution in [0.25, 0.3) is 27.8 Å². The summed E-state index contributed by atoms with van der Waals surface area (Å²) in [6.45, 7) is 8.94. The molecule has 0 spiro atoms. The van der Waals surface area contributed by atoms with Gasteiger partial charge < -0.3 is 30.0 Å². The van der Waals surface area contributed by atoms with E-state index in [1.165, 1.54) is 17.1 Å². The molecular weight excluding hydrogens is 848 g/mol. The summed E-state index contributed by atoms with van der Waals surface area (Å²) in [5, 5.41) is 21.4. The minimum atomic E-state index is -1.02. The number of anilines is 5. The number of aliphatic hydroxyl groups is 1. The number of hydrogen-bond acceptors (Lipinski definition) is 12. The Morgan fingerprint density at radius 3 is 2.51 bits per heavy atom. The first-order valence-electron chi connectivity index (χ1n) is 21.7. The number of carbonyl (C=O) groups is 3. The predicted molar refractivity (Wildman–Crippen MR) is 249 cm³/mol. The van der Waals surface area contributed by atoms with Crippen LogP contribution in [0.15, 0.2) is 107 Å². The number of benzene rings is 3. The van der Waals surface area contributed by atoms with Crippen molar-refractivity contribution in [1.82, 2.24) is 29.6 Å². The van der Waals surface area contributed by atoms with Crippen molar-refractivity contribution in [1.29, 1.82) is 0 Å². The van der Waals surface area contributed by atoms with Gasteiger partial charge in [0.25, 0.3) is 11.5 Å². The summed E-state index contributed by atoms with van der Waals surface area (Å²) in [6.07, 6.45) is 7.23. The first-order valence-corrected chi connectivity index (χ1v) is 22.0. The lowest BCUT2D eigenvalue weighted by atomic mass is 9.90. The summed E-state index contributed by atoms with van der Waals surface area (Å²) in [5.41, 5.74) is 5.58. The molecule has 3 aliphatic rings. The second-order valence-corrected chi connectivity index (χ2v) is 17.1. The van der Waals surface area contributed by atoms with Crippen LogP contribution in [0.5, 0.6) is 0 Å². The van der Waals surface area contributed by atoms with Gasteiger partial charge in [0.2, 0.25) is 17.8 Å². The van der Waals surface area contributed by atoms with E-state index in [2.05, 4.69) is 37.3 Å². The number of halogens is 1. The molecule has 3 amide bonds. The average molecular weight is 893 g/mol. The van der Waals surface area contributed by atoms with Gasteiger partial charge in [0.1, 0.15) is 16.6 Å². The number of hydrogen-bond donors (Lipinski definition) is 4. The van der Waals surface area contributed by atoms with E-state index in [0.29, 0.717) is 93.7 Å². The van der Waals surface area contributed by atoms with Crippen LogP contribution < -0.4 is 31.3 Å². The van der Waals surface area contributed by atoms with Gasteiger partial charge in [-0.3, -0.25) is 24.5 Å². The van der Waals surface area contributed by atoms with Gasteiger partial charge in [-0.25, -0.2) is 19.3 Å². The second kappa shape index (κ2) is 16.7. The Balaban J connectivity index is 0.786. The van der Waals surface area contributed by atoms with Crippen LogP contribution in [-0.2, 0) is 28.2 Å². The highest BCUT2D eigenvalue weighted by atomic mass is 35.5. The van der Waals surface area contributed by atoms with E-state index >= 15 is 0 Å². The van der Waals surface area contributed by atoms with Crippen LogP contribution >= 0.6 is 11.6 Å². The Morgan fingerprint density at radius 2 is 1.75 bits per heavy atom. The third-order valence-electron chi connectivity index (χ3n) is 12.8. The predicted octanol–water partition coefficient (Wildman–Crippen LogP) is 6.95. The maximum absolute atomic E-state index is 13.6. The molecule has 65 heavy (non-hydrogen) atoms. The van der Waals surface area contributed by atoms with Crippen molar-refractivity contribution in [3.63, 3.8) is 0 Å². The molecule has 0 saturated carbocycles. The van der Waals surface area contributed by atoms with Gasteiger partial charge in [-0.1, -0.05) is 30.7 Å². The summed E-state index contributed by atoms with van der Waals surface area (Å²) in [7, 11) is 0. The third kappa shape index (κ3) is 7.67. The number of aryl methyl sites for hydroxylation is 1. The molecule has 2 aliphatic heterocycles. The lowest BCUT2D eigenvalue weighted by molar-refractivity contribution is -0.134. The zero-order valence-electron chi connectivity index (χ0n) is 35.5. The molecular formula is C48H45ClN10O6. The van der Waals surface area contributed by atoms with Gasteiger partial charge in [0.15, 0.2) is 11.5 Å². The van der Waals surface area contributed by atoms with Crippen molar-refractivity contribution in [3.05, 3.63) is 136 Å². The molecule has 6 heterocycles. The lowest BCUT2D eigenvalue weighted by Gasteiger charge is -2.37. The molecule has 1 aliphatic carbocycles. The Bertz CT molecular complexity index is 3120. The van der Waals surface area contributed by atoms with Gasteiger partial charge in [-0.15, -0.1) is 6.58 Å². The second-order valence-electron chi connectivity index (χ2n) is 16.7. The number of fused-ring (bicyclic) bond motifs is 3. The van der Waals surface area contributed by atoms with E-state index in [4.69, 9.17) is 26.0 Å². The molecule has 7 aromatic rings. The summed E-state index contributed by atoms with van der Waals surface area (Å²) in [5.74, 6) is -0.702. The molecule has 2 saturated heterocycles. The Hall–Kier alpha value is -7.30. The molecule has 4 aromatic heterocycles. The van der Waals surface area contributed by atoms with Gasteiger partial charge in [0, 0.05) is 72.4 Å². The number of amides is 3. The van der Waals surface area contributed by atoms with Crippen LogP contribution in [0.2, 0.25) is 5.02 Å². The molecule has 0 radical (unpaired) electrons. The van der Waals surface area contributed by atoms with Gasteiger partial charge in [0.05, 0.1) is 35.1 Å². The Morgan fingerprint density at radius 1 is 0.969 bits per heavy atom. The summed E-state index contributed by atoms with van der Waals surface area (Å²) >= 11 is 6.81. The summed E-state index contributed by atoms with van der Waals surface area (Å²) in [4.78, 5) is 69.8. The zero-order valence-corrected chi connectivity index (χ0v) is 36.3. The fourth-order valence-corrected chi connectivity index (χ4v) is 9.50. The van der Waals surface area contributed by atoms with E-state index in [9.17, 15) is 24.3 Å². The first-order chi connectivity index (χ1) is 31.5.